The maximum absolute atomic E-state index is 13.7. The van der Waals surface area contributed by atoms with Crippen LogP contribution in [0.2, 0.25) is 0 Å². The van der Waals surface area contributed by atoms with Crippen LogP contribution in [-0.2, 0) is 0 Å². The first kappa shape index (κ1) is 13.1. The zero-order valence-corrected chi connectivity index (χ0v) is 11.6. The highest BCUT2D eigenvalue weighted by Crippen LogP contribution is 2.29. The van der Waals surface area contributed by atoms with Gasteiger partial charge in [0.2, 0.25) is 0 Å². The molecule has 102 valence electrons. The molecule has 0 aliphatic carbocycles. The molecule has 1 aliphatic heterocycles. The van der Waals surface area contributed by atoms with Gasteiger partial charge in [-0.3, -0.25) is 4.99 Å². The summed E-state index contributed by atoms with van der Waals surface area (Å²) in [5, 5.41) is 2.77. The Morgan fingerprint density at radius 3 is 2.90 bits per heavy atom. The van der Waals surface area contributed by atoms with Crippen molar-refractivity contribution < 1.29 is 8.78 Å². The number of rotatable bonds is 2. The van der Waals surface area contributed by atoms with Gasteiger partial charge in [-0.1, -0.05) is 18.2 Å². The summed E-state index contributed by atoms with van der Waals surface area (Å²) >= 11 is 1.53. The Morgan fingerprint density at radius 2 is 2.15 bits per heavy atom. The number of dihydropyridines is 1. The van der Waals surface area contributed by atoms with E-state index in [1.807, 2.05) is 17.5 Å². The summed E-state index contributed by atoms with van der Waals surface area (Å²) in [4.78, 5) is 8.86. The largest absolute Gasteiger partial charge is 0.274 e. The summed E-state index contributed by atoms with van der Waals surface area (Å²) in [6.45, 7) is 1.58. The van der Waals surface area contributed by atoms with E-state index in [-0.39, 0.29) is 6.04 Å². The number of halogens is 2. The minimum absolute atomic E-state index is 0.280. The molecule has 0 radical (unpaired) electrons. The summed E-state index contributed by atoms with van der Waals surface area (Å²) in [5.41, 5.74) is 1.88. The zero-order valence-electron chi connectivity index (χ0n) is 10.8. The Hall–Kier alpha value is -1.88. The van der Waals surface area contributed by atoms with Gasteiger partial charge in [0.25, 0.3) is 0 Å². The van der Waals surface area contributed by atoms with Crippen LogP contribution in [0.4, 0.5) is 8.78 Å². The van der Waals surface area contributed by atoms with Crippen LogP contribution in [0.1, 0.15) is 28.6 Å². The molecule has 20 heavy (non-hydrogen) atoms. The molecular formula is C15H12F2N2S. The van der Waals surface area contributed by atoms with Crippen molar-refractivity contribution in [2.75, 3.05) is 0 Å². The summed E-state index contributed by atoms with van der Waals surface area (Å²) in [6, 6.07) is 2.47. The normalized spacial score (nSPS) is 18.1. The van der Waals surface area contributed by atoms with Crippen molar-refractivity contribution in [2.24, 2.45) is 4.99 Å². The lowest BCUT2D eigenvalue weighted by Crippen LogP contribution is -2.09. The topological polar surface area (TPSA) is 25.2 Å². The van der Waals surface area contributed by atoms with Crippen LogP contribution in [0.15, 0.2) is 40.9 Å². The predicted octanol–water partition coefficient (Wildman–Crippen LogP) is 4.22. The maximum Gasteiger partial charge on any atom is 0.162 e. The van der Waals surface area contributed by atoms with Gasteiger partial charge in [-0.2, -0.15) is 0 Å². The molecule has 2 aromatic rings. The second-order valence-electron chi connectivity index (χ2n) is 4.57. The predicted molar refractivity (Wildman–Crippen MR) is 76.2 cm³/mol. The molecule has 5 heteroatoms. The fourth-order valence-electron chi connectivity index (χ4n) is 2.24. The molecule has 0 bridgehead atoms. The Labute approximate surface area is 119 Å². The van der Waals surface area contributed by atoms with Gasteiger partial charge < -0.3 is 0 Å². The summed E-state index contributed by atoms with van der Waals surface area (Å²) in [7, 11) is 0. The summed E-state index contributed by atoms with van der Waals surface area (Å²) in [5.74, 6) is -1.62. The minimum Gasteiger partial charge on any atom is -0.274 e. The van der Waals surface area contributed by atoms with Crippen LogP contribution in [-0.4, -0.2) is 10.7 Å². The van der Waals surface area contributed by atoms with Gasteiger partial charge in [-0.15, -0.1) is 11.3 Å². The van der Waals surface area contributed by atoms with Gasteiger partial charge in [0.15, 0.2) is 11.6 Å². The number of nitrogens with zero attached hydrogens (tertiary/aromatic N) is 2. The lowest BCUT2D eigenvalue weighted by atomic mass is 9.98. The molecule has 1 aromatic heterocycles. The number of aromatic nitrogens is 1. The van der Waals surface area contributed by atoms with Gasteiger partial charge in [-0.05, 0) is 24.1 Å². The molecule has 0 unspecified atom stereocenters. The number of benzene rings is 1. The number of aliphatic imine (C=N–C) groups is 1. The summed E-state index contributed by atoms with van der Waals surface area (Å²) in [6.07, 6.45) is 6.36. The molecule has 1 aliphatic rings. The number of thiazole rings is 1. The van der Waals surface area contributed by atoms with E-state index in [1.54, 1.807) is 19.2 Å². The average molecular weight is 290 g/mol. The zero-order chi connectivity index (χ0) is 14.1. The molecule has 3 rings (SSSR count). The SMILES string of the molecule is Cc1c([C@H]2C=CCC(c3nccs3)=N2)ccc(F)c1F. The Morgan fingerprint density at radius 1 is 1.30 bits per heavy atom. The van der Waals surface area contributed by atoms with E-state index in [9.17, 15) is 8.78 Å². The number of hydrogen-bond acceptors (Lipinski definition) is 3. The Balaban J connectivity index is 2.00. The quantitative estimate of drug-likeness (QED) is 0.760. The molecule has 2 heterocycles. The highest BCUT2D eigenvalue weighted by atomic mass is 32.1. The van der Waals surface area contributed by atoms with E-state index in [2.05, 4.69) is 9.98 Å². The second kappa shape index (κ2) is 5.25. The first-order chi connectivity index (χ1) is 9.66. The van der Waals surface area contributed by atoms with Gasteiger partial charge in [0, 0.05) is 18.0 Å². The third-order valence-electron chi connectivity index (χ3n) is 3.30. The molecule has 1 aromatic carbocycles. The van der Waals surface area contributed by atoms with E-state index < -0.39 is 11.6 Å². The van der Waals surface area contributed by atoms with Crippen molar-refractivity contribution in [1.29, 1.82) is 0 Å². The Kier molecular flexibility index (Phi) is 3.44. The third kappa shape index (κ3) is 2.29. The van der Waals surface area contributed by atoms with Gasteiger partial charge >= 0.3 is 0 Å². The van der Waals surface area contributed by atoms with Crippen LogP contribution in [0, 0.1) is 18.6 Å². The van der Waals surface area contributed by atoms with E-state index >= 15 is 0 Å². The van der Waals surface area contributed by atoms with Crippen LogP contribution in [0.3, 0.4) is 0 Å². The van der Waals surface area contributed by atoms with E-state index in [4.69, 9.17) is 0 Å². The van der Waals surface area contributed by atoms with Gasteiger partial charge in [-0.25, -0.2) is 13.8 Å². The average Bonchev–Trinajstić information content (AvgIpc) is 2.99. The minimum atomic E-state index is -0.824. The molecule has 0 saturated heterocycles. The van der Waals surface area contributed by atoms with Crippen molar-refractivity contribution in [1.82, 2.24) is 4.98 Å². The molecule has 0 fully saturated rings. The summed E-state index contributed by atoms with van der Waals surface area (Å²) < 4.78 is 26.8. The Bertz CT molecular complexity index is 690. The lowest BCUT2D eigenvalue weighted by molar-refractivity contribution is 0.500. The molecule has 2 nitrogen and oxygen atoms in total. The van der Waals surface area contributed by atoms with E-state index in [0.717, 1.165) is 16.8 Å². The monoisotopic (exact) mass is 290 g/mol. The van der Waals surface area contributed by atoms with Crippen molar-refractivity contribution in [3.8, 4) is 0 Å². The second-order valence-corrected chi connectivity index (χ2v) is 5.46. The van der Waals surface area contributed by atoms with Crippen LogP contribution in [0.5, 0.6) is 0 Å². The standard InChI is InChI=1S/C15H12F2N2S/c1-9-10(5-6-11(16)14(9)17)12-3-2-4-13(19-12)15-18-7-8-20-15/h2-3,5-8,12H,4H2,1H3/t12-/m1/s1. The van der Waals surface area contributed by atoms with Crippen LogP contribution in [0.25, 0.3) is 0 Å². The van der Waals surface area contributed by atoms with Gasteiger partial charge in [0.1, 0.15) is 5.01 Å². The molecular weight excluding hydrogens is 278 g/mol. The van der Waals surface area contributed by atoms with Crippen molar-refractivity contribution >= 4 is 17.0 Å². The maximum atomic E-state index is 13.7. The van der Waals surface area contributed by atoms with Crippen molar-refractivity contribution in [2.45, 2.75) is 19.4 Å². The van der Waals surface area contributed by atoms with E-state index in [1.165, 1.54) is 11.3 Å². The van der Waals surface area contributed by atoms with Gasteiger partial charge in [0.05, 0.1) is 11.8 Å². The molecule has 1 atom stereocenters. The van der Waals surface area contributed by atoms with Crippen molar-refractivity contribution in [3.63, 3.8) is 0 Å². The fourth-order valence-corrected chi connectivity index (χ4v) is 2.89. The van der Waals surface area contributed by atoms with Crippen molar-refractivity contribution in [3.05, 3.63) is 63.6 Å². The van der Waals surface area contributed by atoms with E-state index in [0.29, 0.717) is 17.5 Å². The first-order valence-corrected chi connectivity index (χ1v) is 7.12. The number of hydrogen-bond donors (Lipinski definition) is 0. The smallest absolute Gasteiger partial charge is 0.162 e. The fraction of sp³-hybridized carbons (Fsp3) is 0.200. The molecule has 0 amide bonds. The van der Waals surface area contributed by atoms with Crippen LogP contribution >= 0.6 is 11.3 Å². The third-order valence-corrected chi connectivity index (χ3v) is 4.13. The molecule has 0 N–H and O–H groups in total. The highest BCUT2D eigenvalue weighted by molar-refractivity contribution is 7.11. The van der Waals surface area contributed by atoms with Crippen LogP contribution < -0.4 is 0 Å². The molecule has 0 saturated carbocycles. The lowest BCUT2D eigenvalue weighted by Gasteiger charge is -2.17. The molecule has 0 spiro atoms. The number of allylic oxidation sites excluding steroid dienone is 1. The highest BCUT2D eigenvalue weighted by Gasteiger charge is 2.19. The first-order valence-electron chi connectivity index (χ1n) is 6.24.